The smallest absolute Gasteiger partial charge is 0.0547 e. The number of pyridine rings is 1. The van der Waals surface area contributed by atoms with Crippen molar-refractivity contribution in [2.45, 2.75) is 26.3 Å². The van der Waals surface area contributed by atoms with Gasteiger partial charge in [0, 0.05) is 12.2 Å². The first-order chi connectivity index (χ1) is 6.09. The highest BCUT2D eigenvalue weighted by Gasteiger charge is 2.02. The lowest BCUT2D eigenvalue weighted by atomic mass is 10.1. The first-order valence-electron chi connectivity index (χ1n) is 4.70. The molecule has 1 aromatic rings. The quantitative estimate of drug-likeness (QED) is 0.706. The maximum atomic E-state index is 4.57. The van der Waals surface area contributed by atoms with Gasteiger partial charge >= 0.3 is 0 Å². The van der Waals surface area contributed by atoms with Crippen LogP contribution in [0.2, 0.25) is 0 Å². The van der Waals surface area contributed by atoms with E-state index in [2.05, 4.69) is 56.0 Å². The first-order valence-corrected chi connectivity index (χ1v) is 4.70. The summed E-state index contributed by atoms with van der Waals surface area (Å²) in [5.41, 5.74) is 2.33. The summed E-state index contributed by atoms with van der Waals surface area (Å²) in [7, 11) is 4.12. The maximum absolute atomic E-state index is 4.57. The lowest BCUT2D eigenvalue weighted by Crippen LogP contribution is -2.12. The largest absolute Gasteiger partial charge is 0.304 e. The van der Waals surface area contributed by atoms with Gasteiger partial charge in [-0.2, -0.15) is 0 Å². The molecule has 0 fully saturated rings. The Hall–Kier alpha value is -0.890. The van der Waals surface area contributed by atoms with Crippen molar-refractivity contribution in [2.75, 3.05) is 14.1 Å². The van der Waals surface area contributed by atoms with Gasteiger partial charge in [0.2, 0.25) is 0 Å². The molecule has 0 unspecified atom stereocenters. The summed E-state index contributed by atoms with van der Waals surface area (Å²) in [4.78, 5) is 6.70. The molecule has 0 saturated heterocycles. The molecule has 0 atom stereocenters. The third-order valence-electron chi connectivity index (χ3n) is 1.90. The summed E-state index contributed by atoms with van der Waals surface area (Å²) in [6, 6.07) is 6.25. The van der Waals surface area contributed by atoms with Crippen LogP contribution in [0.3, 0.4) is 0 Å². The average Bonchev–Trinajstić information content (AvgIpc) is 2.03. The number of nitrogens with zero attached hydrogens (tertiary/aromatic N) is 2. The zero-order valence-electron chi connectivity index (χ0n) is 8.91. The summed E-state index contributed by atoms with van der Waals surface area (Å²) in [6.45, 7) is 5.25. The van der Waals surface area contributed by atoms with Crippen LogP contribution >= 0.6 is 0 Å². The van der Waals surface area contributed by atoms with Crippen molar-refractivity contribution in [1.29, 1.82) is 0 Å². The van der Waals surface area contributed by atoms with E-state index < -0.39 is 0 Å². The van der Waals surface area contributed by atoms with Crippen LogP contribution < -0.4 is 0 Å². The molecule has 0 bridgehead atoms. The molecule has 0 aliphatic carbocycles. The highest BCUT2D eigenvalue weighted by Crippen LogP contribution is 2.11. The summed E-state index contributed by atoms with van der Waals surface area (Å²) in [5.74, 6) is 0.516. The van der Waals surface area contributed by atoms with Gasteiger partial charge in [0.15, 0.2) is 0 Å². The average molecular weight is 178 g/mol. The van der Waals surface area contributed by atoms with Crippen LogP contribution in [0, 0.1) is 0 Å². The second-order valence-corrected chi connectivity index (χ2v) is 3.95. The van der Waals surface area contributed by atoms with Crippen molar-refractivity contribution < 1.29 is 0 Å². The normalized spacial score (nSPS) is 11.2. The van der Waals surface area contributed by atoms with Crippen LogP contribution in [0.1, 0.15) is 31.2 Å². The molecule has 0 amide bonds. The fraction of sp³-hybridized carbons (Fsp3) is 0.545. The highest BCUT2D eigenvalue weighted by molar-refractivity contribution is 5.13. The van der Waals surface area contributed by atoms with E-state index in [-0.39, 0.29) is 0 Å². The van der Waals surface area contributed by atoms with Crippen molar-refractivity contribution >= 4 is 0 Å². The van der Waals surface area contributed by atoms with Crippen molar-refractivity contribution in [1.82, 2.24) is 9.88 Å². The van der Waals surface area contributed by atoms with Gasteiger partial charge in [-0.1, -0.05) is 19.9 Å². The highest BCUT2D eigenvalue weighted by atomic mass is 15.1. The Labute approximate surface area is 80.6 Å². The predicted molar refractivity (Wildman–Crippen MR) is 55.7 cm³/mol. The Kier molecular flexibility index (Phi) is 3.43. The summed E-state index contributed by atoms with van der Waals surface area (Å²) in [5, 5.41) is 0. The van der Waals surface area contributed by atoms with Gasteiger partial charge in [-0.05, 0) is 32.1 Å². The SMILES string of the molecule is CC(C)c1cccc(CN(C)C)n1. The molecule has 1 aromatic heterocycles. The van der Waals surface area contributed by atoms with E-state index in [0.717, 1.165) is 12.2 Å². The molecule has 1 rings (SSSR count). The molecule has 0 N–H and O–H groups in total. The Bertz CT molecular complexity index is 267. The summed E-state index contributed by atoms with van der Waals surface area (Å²) < 4.78 is 0. The fourth-order valence-electron chi connectivity index (χ4n) is 1.23. The standard InChI is InChI=1S/C11H18N2/c1-9(2)11-7-5-6-10(12-11)8-13(3)4/h5-7,9H,8H2,1-4H3. The minimum absolute atomic E-state index is 0.516. The van der Waals surface area contributed by atoms with Gasteiger partial charge in [-0.25, -0.2) is 0 Å². The third kappa shape index (κ3) is 3.15. The predicted octanol–water partition coefficient (Wildman–Crippen LogP) is 2.27. The van der Waals surface area contributed by atoms with Crippen LogP contribution in [0.5, 0.6) is 0 Å². The van der Waals surface area contributed by atoms with Crippen molar-refractivity contribution in [2.24, 2.45) is 0 Å². The molecule has 13 heavy (non-hydrogen) atoms. The molecule has 0 spiro atoms. The third-order valence-corrected chi connectivity index (χ3v) is 1.90. The van der Waals surface area contributed by atoms with E-state index in [1.54, 1.807) is 0 Å². The van der Waals surface area contributed by atoms with Crippen molar-refractivity contribution in [3.8, 4) is 0 Å². The number of aromatic nitrogens is 1. The van der Waals surface area contributed by atoms with E-state index >= 15 is 0 Å². The molecule has 1 heterocycles. The molecule has 0 aliphatic heterocycles. The van der Waals surface area contributed by atoms with E-state index in [1.165, 1.54) is 5.69 Å². The van der Waals surface area contributed by atoms with Gasteiger partial charge in [-0.15, -0.1) is 0 Å². The van der Waals surface area contributed by atoms with Crippen molar-refractivity contribution in [3.05, 3.63) is 29.6 Å². The molecule has 2 heteroatoms. The summed E-state index contributed by atoms with van der Waals surface area (Å²) >= 11 is 0. The Balaban J connectivity index is 2.79. The molecule has 72 valence electrons. The van der Waals surface area contributed by atoms with Crippen LogP contribution in [0.25, 0.3) is 0 Å². The number of hydrogen-bond acceptors (Lipinski definition) is 2. The molecule has 0 aromatic carbocycles. The van der Waals surface area contributed by atoms with E-state index in [0.29, 0.717) is 5.92 Å². The minimum atomic E-state index is 0.516. The van der Waals surface area contributed by atoms with Gasteiger partial charge in [0.05, 0.1) is 5.69 Å². The minimum Gasteiger partial charge on any atom is -0.304 e. The Morgan fingerprint density at radius 1 is 1.31 bits per heavy atom. The topological polar surface area (TPSA) is 16.1 Å². The van der Waals surface area contributed by atoms with Crippen molar-refractivity contribution in [3.63, 3.8) is 0 Å². The zero-order chi connectivity index (χ0) is 9.84. The molecule has 2 nitrogen and oxygen atoms in total. The lowest BCUT2D eigenvalue weighted by molar-refractivity contribution is 0.396. The monoisotopic (exact) mass is 178 g/mol. The molecular weight excluding hydrogens is 160 g/mol. The van der Waals surface area contributed by atoms with Crippen LogP contribution in [-0.4, -0.2) is 24.0 Å². The lowest BCUT2D eigenvalue weighted by Gasteiger charge is -2.11. The van der Waals surface area contributed by atoms with Gasteiger partial charge in [0.1, 0.15) is 0 Å². The van der Waals surface area contributed by atoms with Crippen LogP contribution in [0.4, 0.5) is 0 Å². The molecule has 0 aliphatic rings. The van der Waals surface area contributed by atoms with Gasteiger partial charge in [-0.3, -0.25) is 4.98 Å². The van der Waals surface area contributed by atoms with Gasteiger partial charge < -0.3 is 4.90 Å². The molecule has 0 radical (unpaired) electrons. The second-order valence-electron chi connectivity index (χ2n) is 3.95. The van der Waals surface area contributed by atoms with Crippen LogP contribution in [0.15, 0.2) is 18.2 Å². The van der Waals surface area contributed by atoms with E-state index in [4.69, 9.17) is 0 Å². The molecular formula is C11H18N2. The molecule has 0 saturated carbocycles. The number of hydrogen-bond donors (Lipinski definition) is 0. The maximum Gasteiger partial charge on any atom is 0.0547 e. The van der Waals surface area contributed by atoms with E-state index in [1.807, 2.05) is 0 Å². The number of rotatable bonds is 3. The Morgan fingerprint density at radius 3 is 2.54 bits per heavy atom. The fourth-order valence-corrected chi connectivity index (χ4v) is 1.23. The van der Waals surface area contributed by atoms with Gasteiger partial charge in [0.25, 0.3) is 0 Å². The zero-order valence-corrected chi connectivity index (χ0v) is 8.91. The summed E-state index contributed by atoms with van der Waals surface area (Å²) in [6.07, 6.45) is 0. The first kappa shape index (κ1) is 10.2. The van der Waals surface area contributed by atoms with E-state index in [9.17, 15) is 0 Å². The van der Waals surface area contributed by atoms with Crippen LogP contribution in [-0.2, 0) is 6.54 Å². The second kappa shape index (κ2) is 4.38. The Morgan fingerprint density at radius 2 is 2.00 bits per heavy atom.